The molecule has 2 nitrogen and oxygen atoms in total. The zero-order chi connectivity index (χ0) is 13.8. The van der Waals surface area contributed by atoms with Gasteiger partial charge in [0.2, 0.25) is 0 Å². The van der Waals surface area contributed by atoms with Crippen LogP contribution in [0.1, 0.15) is 29.0 Å². The Morgan fingerprint density at radius 2 is 1.89 bits per heavy atom. The fourth-order valence-electron chi connectivity index (χ4n) is 2.31. The number of thiophene rings is 1. The smallest absolute Gasteiger partial charge is 0.0756 e. The van der Waals surface area contributed by atoms with Gasteiger partial charge in [0.05, 0.1) is 6.04 Å². The summed E-state index contributed by atoms with van der Waals surface area (Å²) in [4.78, 5) is 3.64. The molecule has 0 spiro atoms. The van der Waals surface area contributed by atoms with E-state index in [1.54, 1.807) is 11.3 Å². The Balaban J connectivity index is 2.25. The lowest BCUT2D eigenvalue weighted by Gasteiger charge is -2.29. The molecule has 2 rings (SSSR count). The van der Waals surface area contributed by atoms with Gasteiger partial charge in [-0.3, -0.25) is 0 Å². The molecule has 0 fully saturated rings. The van der Waals surface area contributed by atoms with Crippen LogP contribution in [0.4, 0.5) is 5.69 Å². The third kappa shape index (κ3) is 2.99. The molecule has 0 amide bonds. The van der Waals surface area contributed by atoms with Crippen LogP contribution in [0.25, 0.3) is 0 Å². The maximum atomic E-state index is 5.99. The molecule has 0 saturated carbocycles. The SMILES string of the molecule is CCc1ccc(N(C)C(CN)c2sccc2C)cc1. The third-order valence-corrected chi connectivity index (χ3v) is 4.77. The molecule has 0 saturated heterocycles. The van der Waals surface area contributed by atoms with E-state index in [1.807, 2.05) is 0 Å². The Morgan fingerprint density at radius 1 is 1.21 bits per heavy atom. The van der Waals surface area contributed by atoms with Crippen molar-refractivity contribution in [2.75, 3.05) is 18.5 Å². The van der Waals surface area contributed by atoms with Gasteiger partial charge in [0, 0.05) is 24.2 Å². The molecule has 0 bridgehead atoms. The normalized spacial score (nSPS) is 12.4. The molecular formula is C16H22N2S. The summed E-state index contributed by atoms with van der Waals surface area (Å²) in [6.45, 7) is 4.96. The van der Waals surface area contributed by atoms with Gasteiger partial charge in [-0.2, -0.15) is 0 Å². The van der Waals surface area contributed by atoms with Gasteiger partial charge in [0.1, 0.15) is 0 Å². The number of nitrogens with zero attached hydrogens (tertiary/aromatic N) is 1. The molecule has 3 heteroatoms. The molecule has 1 heterocycles. The van der Waals surface area contributed by atoms with Crippen molar-refractivity contribution in [3.8, 4) is 0 Å². The molecule has 1 atom stereocenters. The van der Waals surface area contributed by atoms with Crippen LogP contribution < -0.4 is 10.6 Å². The maximum Gasteiger partial charge on any atom is 0.0756 e. The van der Waals surface area contributed by atoms with Gasteiger partial charge in [-0.1, -0.05) is 19.1 Å². The highest BCUT2D eigenvalue weighted by atomic mass is 32.1. The van der Waals surface area contributed by atoms with Crippen molar-refractivity contribution >= 4 is 17.0 Å². The van der Waals surface area contributed by atoms with Crippen LogP contribution in [0, 0.1) is 6.92 Å². The van der Waals surface area contributed by atoms with Crippen LogP contribution in [0.2, 0.25) is 0 Å². The molecule has 0 aliphatic rings. The average Bonchev–Trinajstić information content (AvgIpc) is 2.86. The molecule has 0 radical (unpaired) electrons. The highest BCUT2D eigenvalue weighted by Crippen LogP contribution is 2.30. The second kappa shape index (κ2) is 6.22. The molecule has 0 aliphatic carbocycles. The Kier molecular flexibility index (Phi) is 4.61. The first-order chi connectivity index (χ1) is 9.17. The number of aryl methyl sites for hydroxylation is 2. The Hall–Kier alpha value is -1.32. The van der Waals surface area contributed by atoms with Crippen LogP contribution in [0.5, 0.6) is 0 Å². The number of anilines is 1. The van der Waals surface area contributed by atoms with Crippen LogP contribution >= 0.6 is 11.3 Å². The summed E-state index contributed by atoms with van der Waals surface area (Å²) < 4.78 is 0. The van der Waals surface area contributed by atoms with Crippen molar-refractivity contribution in [1.82, 2.24) is 0 Å². The first kappa shape index (κ1) is 14.1. The zero-order valence-corrected chi connectivity index (χ0v) is 12.7. The Labute approximate surface area is 119 Å². The van der Waals surface area contributed by atoms with E-state index in [-0.39, 0.29) is 6.04 Å². The summed E-state index contributed by atoms with van der Waals surface area (Å²) in [7, 11) is 2.12. The fraction of sp³-hybridized carbons (Fsp3) is 0.375. The molecule has 1 aromatic heterocycles. The van der Waals surface area contributed by atoms with E-state index in [4.69, 9.17) is 5.73 Å². The Morgan fingerprint density at radius 3 is 2.37 bits per heavy atom. The standard InChI is InChI=1S/C16H22N2S/c1-4-13-5-7-14(8-6-13)18(3)15(11-17)16-12(2)9-10-19-16/h5-10,15H,4,11,17H2,1-3H3. The quantitative estimate of drug-likeness (QED) is 0.899. The lowest BCUT2D eigenvalue weighted by molar-refractivity contribution is 0.689. The fourth-order valence-corrected chi connectivity index (χ4v) is 3.40. The van der Waals surface area contributed by atoms with Crippen molar-refractivity contribution in [3.05, 3.63) is 51.7 Å². The monoisotopic (exact) mass is 274 g/mol. The number of nitrogens with two attached hydrogens (primary N) is 1. The van der Waals surface area contributed by atoms with E-state index in [0.717, 1.165) is 6.42 Å². The predicted molar refractivity (Wildman–Crippen MR) is 85.1 cm³/mol. The summed E-state index contributed by atoms with van der Waals surface area (Å²) in [5.74, 6) is 0. The largest absolute Gasteiger partial charge is 0.365 e. The van der Waals surface area contributed by atoms with E-state index in [2.05, 4.69) is 61.5 Å². The minimum atomic E-state index is 0.257. The van der Waals surface area contributed by atoms with Crippen LogP contribution in [0.15, 0.2) is 35.7 Å². The number of benzene rings is 1. The number of hydrogen-bond acceptors (Lipinski definition) is 3. The molecule has 0 aliphatic heterocycles. The summed E-state index contributed by atoms with van der Waals surface area (Å²) in [6.07, 6.45) is 1.08. The molecule has 1 unspecified atom stereocenters. The second-order valence-electron chi connectivity index (χ2n) is 4.85. The second-order valence-corrected chi connectivity index (χ2v) is 5.80. The van der Waals surface area contributed by atoms with Gasteiger partial charge in [0.15, 0.2) is 0 Å². The van der Waals surface area contributed by atoms with Crippen molar-refractivity contribution in [1.29, 1.82) is 0 Å². The summed E-state index contributed by atoms with van der Waals surface area (Å²) in [6, 6.07) is 11.2. The molecular weight excluding hydrogens is 252 g/mol. The average molecular weight is 274 g/mol. The summed E-state index contributed by atoms with van der Waals surface area (Å²) >= 11 is 1.79. The van der Waals surface area contributed by atoms with Crippen molar-refractivity contribution in [2.24, 2.45) is 5.73 Å². The van der Waals surface area contributed by atoms with Crippen molar-refractivity contribution < 1.29 is 0 Å². The third-order valence-electron chi connectivity index (χ3n) is 3.65. The molecule has 19 heavy (non-hydrogen) atoms. The van der Waals surface area contributed by atoms with Crippen LogP contribution in [0.3, 0.4) is 0 Å². The van der Waals surface area contributed by atoms with Crippen molar-refractivity contribution in [3.63, 3.8) is 0 Å². The maximum absolute atomic E-state index is 5.99. The van der Waals surface area contributed by atoms with Gasteiger partial charge in [-0.05, 0) is 48.1 Å². The summed E-state index contributed by atoms with van der Waals surface area (Å²) in [5.41, 5.74) is 9.92. The highest BCUT2D eigenvalue weighted by Gasteiger charge is 2.18. The van der Waals surface area contributed by atoms with Crippen LogP contribution in [-0.2, 0) is 6.42 Å². The Bertz CT molecular complexity index is 516. The first-order valence-electron chi connectivity index (χ1n) is 6.73. The predicted octanol–water partition coefficient (Wildman–Crippen LogP) is 3.76. The lowest BCUT2D eigenvalue weighted by Crippen LogP contribution is -2.30. The van der Waals surface area contributed by atoms with E-state index in [1.165, 1.54) is 21.7 Å². The van der Waals surface area contributed by atoms with Gasteiger partial charge < -0.3 is 10.6 Å². The number of likely N-dealkylation sites (N-methyl/N-ethyl adjacent to an activating group) is 1. The minimum Gasteiger partial charge on any atom is -0.365 e. The first-order valence-corrected chi connectivity index (χ1v) is 7.61. The van der Waals surface area contributed by atoms with E-state index in [9.17, 15) is 0 Å². The van der Waals surface area contributed by atoms with E-state index >= 15 is 0 Å². The van der Waals surface area contributed by atoms with Gasteiger partial charge in [0.25, 0.3) is 0 Å². The number of hydrogen-bond donors (Lipinski definition) is 1. The number of rotatable bonds is 5. The van der Waals surface area contributed by atoms with Crippen molar-refractivity contribution in [2.45, 2.75) is 26.3 Å². The van der Waals surface area contributed by atoms with Gasteiger partial charge in [-0.25, -0.2) is 0 Å². The molecule has 102 valence electrons. The highest BCUT2D eigenvalue weighted by molar-refractivity contribution is 7.10. The zero-order valence-electron chi connectivity index (χ0n) is 11.9. The lowest BCUT2D eigenvalue weighted by atomic mass is 10.1. The molecule has 1 aromatic carbocycles. The topological polar surface area (TPSA) is 29.3 Å². The van der Waals surface area contributed by atoms with Gasteiger partial charge in [-0.15, -0.1) is 11.3 Å². The minimum absolute atomic E-state index is 0.257. The van der Waals surface area contributed by atoms with E-state index < -0.39 is 0 Å². The van der Waals surface area contributed by atoms with Crippen LogP contribution in [-0.4, -0.2) is 13.6 Å². The molecule has 2 aromatic rings. The van der Waals surface area contributed by atoms with E-state index in [0.29, 0.717) is 6.54 Å². The van der Waals surface area contributed by atoms with Gasteiger partial charge >= 0.3 is 0 Å². The molecule has 2 N–H and O–H groups in total. The summed E-state index contributed by atoms with van der Waals surface area (Å²) in [5, 5.41) is 2.14.